The first kappa shape index (κ1) is 18.8. The van der Waals surface area contributed by atoms with Gasteiger partial charge in [0.1, 0.15) is 11.5 Å². The summed E-state index contributed by atoms with van der Waals surface area (Å²) in [5.41, 5.74) is 5.84. The van der Waals surface area contributed by atoms with Gasteiger partial charge in [0.15, 0.2) is 6.10 Å². The third kappa shape index (κ3) is 4.97. The van der Waals surface area contributed by atoms with Gasteiger partial charge in [0.2, 0.25) is 0 Å². The minimum Gasteiger partial charge on any atom is -0.496 e. The molecule has 0 fully saturated rings. The molecular weight excluding hydrogens is 338 g/mol. The highest BCUT2D eigenvalue weighted by Crippen LogP contribution is 2.21. The van der Waals surface area contributed by atoms with E-state index in [1.807, 2.05) is 5.32 Å². The van der Waals surface area contributed by atoms with Crippen LogP contribution in [0.1, 0.15) is 17.3 Å². The van der Waals surface area contributed by atoms with E-state index in [1.165, 1.54) is 14.0 Å². The van der Waals surface area contributed by atoms with Crippen molar-refractivity contribution in [1.82, 2.24) is 5.32 Å². The molecule has 2 rings (SSSR count). The number of anilines is 1. The summed E-state index contributed by atoms with van der Waals surface area (Å²) in [5.74, 6) is -0.0944. The van der Waals surface area contributed by atoms with Crippen LogP contribution < -0.4 is 25.8 Å². The van der Waals surface area contributed by atoms with Gasteiger partial charge in [0, 0.05) is 5.69 Å². The molecule has 0 aliphatic rings. The molecule has 8 heteroatoms. The molecule has 0 saturated heterocycles. The Morgan fingerprint density at radius 2 is 1.69 bits per heavy atom. The lowest BCUT2D eigenvalue weighted by molar-refractivity contribution is -0.126. The number of para-hydroxylation sites is 1. The van der Waals surface area contributed by atoms with E-state index in [0.29, 0.717) is 22.7 Å². The second-order valence-electron chi connectivity index (χ2n) is 5.29. The maximum absolute atomic E-state index is 12.3. The van der Waals surface area contributed by atoms with Crippen LogP contribution in [0.25, 0.3) is 0 Å². The van der Waals surface area contributed by atoms with Crippen molar-refractivity contribution in [2.45, 2.75) is 13.0 Å². The fraction of sp³-hybridized carbons (Fsp3) is 0.167. The molecule has 4 N–H and O–H groups in total. The number of nitrogens with two attached hydrogens (primary N) is 1. The molecule has 0 radical (unpaired) electrons. The maximum Gasteiger partial charge on any atom is 0.318 e. The Morgan fingerprint density at radius 3 is 2.31 bits per heavy atom. The Bertz CT molecular complexity index is 805. The molecule has 0 aliphatic heterocycles. The van der Waals surface area contributed by atoms with Gasteiger partial charge in [-0.25, -0.2) is 4.79 Å². The van der Waals surface area contributed by atoms with Crippen LogP contribution in [0.5, 0.6) is 11.5 Å². The first-order valence-electron chi connectivity index (χ1n) is 7.72. The Kier molecular flexibility index (Phi) is 6.15. The Balaban J connectivity index is 2.00. The number of benzene rings is 2. The van der Waals surface area contributed by atoms with Crippen molar-refractivity contribution < 1.29 is 23.9 Å². The van der Waals surface area contributed by atoms with Crippen LogP contribution in [0, 0.1) is 0 Å². The van der Waals surface area contributed by atoms with Crippen LogP contribution in [0.3, 0.4) is 0 Å². The average Bonchev–Trinajstić information content (AvgIpc) is 2.62. The number of rotatable bonds is 6. The van der Waals surface area contributed by atoms with Crippen LogP contribution in [0.2, 0.25) is 0 Å². The highest BCUT2D eigenvalue weighted by molar-refractivity contribution is 6.06. The Morgan fingerprint density at radius 1 is 1.04 bits per heavy atom. The van der Waals surface area contributed by atoms with Crippen LogP contribution in [-0.4, -0.2) is 31.1 Å². The third-order valence-electron chi connectivity index (χ3n) is 3.39. The van der Waals surface area contributed by atoms with Crippen molar-refractivity contribution in [3.8, 4) is 11.5 Å². The van der Waals surface area contributed by atoms with E-state index in [2.05, 4.69) is 5.32 Å². The molecule has 0 heterocycles. The lowest BCUT2D eigenvalue weighted by Crippen LogP contribution is -2.42. The minimum absolute atomic E-state index is 0.315. The predicted molar refractivity (Wildman–Crippen MR) is 95.2 cm³/mol. The summed E-state index contributed by atoms with van der Waals surface area (Å²) in [6.45, 7) is 1.48. The molecule has 0 spiro atoms. The molecule has 136 valence electrons. The van der Waals surface area contributed by atoms with Gasteiger partial charge in [-0.1, -0.05) is 12.1 Å². The van der Waals surface area contributed by atoms with Gasteiger partial charge in [-0.3, -0.25) is 14.9 Å². The smallest absolute Gasteiger partial charge is 0.318 e. The summed E-state index contributed by atoms with van der Waals surface area (Å²) in [6.07, 6.45) is -0.906. The van der Waals surface area contributed by atoms with Gasteiger partial charge in [0.05, 0.1) is 12.7 Å². The molecule has 26 heavy (non-hydrogen) atoms. The second kappa shape index (κ2) is 8.52. The summed E-state index contributed by atoms with van der Waals surface area (Å²) in [5, 5.41) is 4.68. The zero-order chi connectivity index (χ0) is 19.1. The van der Waals surface area contributed by atoms with E-state index < -0.39 is 18.0 Å². The molecule has 0 unspecified atom stereocenters. The van der Waals surface area contributed by atoms with Gasteiger partial charge in [-0.15, -0.1) is 0 Å². The molecule has 1 atom stereocenters. The van der Waals surface area contributed by atoms with Gasteiger partial charge >= 0.3 is 6.03 Å². The van der Waals surface area contributed by atoms with Gasteiger partial charge in [-0.2, -0.15) is 0 Å². The van der Waals surface area contributed by atoms with E-state index in [4.69, 9.17) is 15.2 Å². The molecule has 0 aromatic heterocycles. The number of urea groups is 1. The topological polar surface area (TPSA) is 120 Å². The van der Waals surface area contributed by atoms with Crippen LogP contribution in [0.4, 0.5) is 10.5 Å². The number of imide groups is 1. The summed E-state index contributed by atoms with van der Waals surface area (Å²) in [7, 11) is 1.49. The number of nitrogens with one attached hydrogen (secondary N) is 2. The number of methoxy groups -OCH3 is 1. The lowest BCUT2D eigenvalue weighted by atomic mass is 10.2. The third-order valence-corrected chi connectivity index (χ3v) is 3.39. The first-order valence-corrected chi connectivity index (χ1v) is 7.72. The molecule has 8 nitrogen and oxygen atoms in total. The van der Waals surface area contributed by atoms with Crippen molar-refractivity contribution in [1.29, 1.82) is 0 Å². The predicted octanol–water partition coefficient (Wildman–Crippen LogP) is 1.91. The molecular formula is C18H19N3O5. The molecule has 2 aromatic carbocycles. The molecule has 0 bridgehead atoms. The van der Waals surface area contributed by atoms with Crippen LogP contribution in [0.15, 0.2) is 48.5 Å². The fourth-order valence-electron chi connectivity index (χ4n) is 2.13. The van der Waals surface area contributed by atoms with E-state index >= 15 is 0 Å². The largest absolute Gasteiger partial charge is 0.496 e. The van der Waals surface area contributed by atoms with E-state index in [-0.39, 0.29) is 5.91 Å². The van der Waals surface area contributed by atoms with E-state index in [0.717, 1.165) is 0 Å². The van der Waals surface area contributed by atoms with Crippen molar-refractivity contribution in [2.75, 3.05) is 12.4 Å². The zero-order valence-electron chi connectivity index (χ0n) is 14.3. The maximum atomic E-state index is 12.3. The van der Waals surface area contributed by atoms with Crippen molar-refractivity contribution in [2.24, 2.45) is 5.73 Å². The highest BCUT2D eigenvalue weighted by atomic mass is 16.5. The van der Waals surface area contributed by atoms with Gasteiger partial charge in [0.25, 0.3) is 11.8 Å². The molecule has 0 aliphatic carbocycles. The fourth-order valence-corrected chi connectivity index (χ4v) is 2.13. The Hall–Kier alpha value is -3.55. The summed E-state index contributed by atoms with van der Waals surface area (Å²) in [4.78, 5) is 34.6. The normalized spacial score (nSPS) is 11.2. The second-order valence-corrected chi connectivity index (χ2v) is 5.29. The van der Waals surface area contributed by atoms with Crippen LogP contribution in [-0.2, 0) is 4.79 Å². The van der Waals surface area contributed by atoms with E-state index in [1.54, 1.807) is 48.5 Å². The number of carbonyl (C=O) groups excluding carboxylic acids is 3. The molecule has 4 amide bonds. The number of hydrogen-bond donors (Lipinski definition) is 3. The number of primary amides is 1. The number of hydrogen-bond acceptors (Lipinski definition) is 5. The van der Waals surface area contributed by atoms with E-state index in [9.17, 15) is 14.4 Å². The van der Waals surface area contributed by atoms with Crippen molar-refractivity contribution >= 4 is 23.5 Å². The lowest BCUT2D eigenvalue weighted by Gasteiger charge is -2.14. The molecule has 0 saturated carbocycles. The summed E-state index contributed by atoms with van der Waals surface area (Å²) in [6, 6.07) is 12.4. The van der Waals surface area contributed by atoms with Gasteiger partial charge in [-0.05, 0) is 43.3 Å². The van der Waals surface area contributed by atoms with Crippen LogP contribution >= 0.6 is 0 Å². The number of ether oxygens (including phenoxy) is 2. The number of carbonyl (C=O) groups is 3. The van der Waals surface area contributed by atoms with Crippen molar-refractivity contribution in [3.05, 3.63) is 54.1 Å². The SMILES string of the molecule is COc1ccccc1C(=O)Nc1ccc(O[C@H](C)C(=O)NC(N)=O)cc1. The highest BCUT2D eigenvalue weighted by Gasteiger charge is 2.16. The average molecular weight is 357 g/mol. The quantitative estimate of drug-likeness (QED) is 0.729. The number of amides is 4. The molecule has 2 aromatic rings. The summed E-state index contributed by atoms with van der Waals surface area (Å²) >= 11 is 0. The first-order chi connectivity index (χ1) is 12.4. The zero-order valence-corrected chi connectivity index (χ0v) is 14.3. The van der Waals surface area contributed by atoms with Crippen molar-refractivity contribution in [3.63, 3.8) is 0 Å². The standard InChI is InChI=1S/C18H19N3O5/c1-11(16(22)21-18(19)24)26-13-9-7-12(8-10-13)20-17(23)14-5-3-4-6-15(14)25-2/h3-11H,1-2H3,(H,20,23)(H3,19,21,22,24)/t11-/m1/s1. The monoisotopic (exact) mass is 357 g/mol. The van der Waals surface area contributed by atoms with Gasteiger partial charge < -0.3 is 20.5 Å². The Labute approximate surface area is 150 Å². The summed E-state index contributed by atoms with van der Waals surface area (Å²) < 4.78 is 10.6. The minimum atomic E-state index is -0.945.